The summed E-state index contributed by atoms with van der Waals surface area (Å²) >= 11 is 1.79. The molecule has 3 heterocycles. The molecule has 0 amide bonds. The van der Waals surface area contributed by atoms with Gasteiger partial charge in [0.1, 0.15) is 5.75 Å². The van der Waals surface area contributed by atoms with Crippen molar-refractivity contribution in [2.75, 3.05) is 13.1 Å². The van der Waals surface area contributed by atoms with Crippen LogP contribution in [-0.2, 0) is 6.54 Å². The fraction of sp³-hybridized carbons (Fsp3) is 0.242. The van der Waals surface area contributed by atoms with Gasteiger partial charge in [-0.25, -0.2) is 5.01 Å². The molecule has 0 unspecified atom stereocenters. The van der Waals surface area contributed by atoms with Crippen LogP contribution in [0.15, 0.2) is 124 Å². The number of para-hydroxylation sites is 1. The predicted molar refractivity (Wildman–Crippen MR) is 153 cm³/mol. The minimum Gasteiger partial charge on any atom is -0.466 e. The third kappa shape index (κ3) is 4.50. The maximum absolute atomic E-state index is 6.83. The third-order valence-corrected chi connectivity index (χ3v) is 8.97. The van der Waals surface area contributed by atoms with Crippen LogP contribution in [-0.4, -0.2) is 34.4 Å². The zero-order chi connectivity index (χ0) is 25.4. The number of likely N-dealkylation sites (tertiary alicyclic amines) is 1. The highest BCUT2D eigenvalue weighted by atomic mass is 32.2. The Balaban J connectivity index is 1.13. The summed E-state index contributed by atoms with van der Waals surface area (Å²) in [4.78, 5) is 5.04. The van der Waals surface area contributed by atoms with Crippen molar-refractivity contribution < 1.29 is 4.74 Å². The van der Waals surface area contributed by atoms with E-state index in [0.717, 1.165) is 50.4 Å². The average Bonchev–Trinajstić information content (AvgIpc) is 3.43. The molecule has 0 aromatic heterocycles. The largest absolute Gasteiger partial charge is 0.466 e. The number of nitrogens with zero attached hydrogens (tertiary/aromatic N) is 3. The molecule has 190 valence electrons. The van der Waals surface area contributed by atoms with Gasteiger partial charge >= 0.3 is 0 Å². The van der Waals surface area contributed by atoms with Crippen LogP contribution < -0.4 is 4.74 Å². The highest BCUT2D eigenvalue weighted by Crippen LogP contribution is 2.50. The minimum absolute atomic E-state index is 0.217. The van der Waals surface area contributed by atoms with Crippen molar-refractivity contribution in [2.24, 2.45) is 5.10 Å². The van der Waals surface area contributed by atoms with Gasteiger partial charge in [-0.05, 0) is 41.5 Å². The lowest BCUT2D eigenvalue weighted by molar-refractivity contribution is -0.150. The van der Waals surface area contributed by atoms with Gasteiger partial charge in [-0.3, -0.25) is 4.90 Å². The molecule has 1 spiro atoms. The number of hydrazone groups is 1. The van der Waals surface area contributed by atoms with E-state index in [0.29, 0.717) is 0 Å². The lowest BCUT2D eigenvalue weighted by Gasteiger charge is -2.51. The molecule has 4 aromatic rings. The number of hydrogen-bond acceptors (Lipinski definition) is 5. The second-order valence-electron chi connectivity index (χ2n) is 10.4. The van der Waals surface area contributed by atoms with Crippen LogP contribution in [0.1, 0.15) is 42.0 Å². The van der Waals surface area contributed by atoms with Crippen LogP contribution in [0.25, 0.3) is 0 Å². The lowest BCUT2D eigenvalue weighted by atomic mass is 9.90. The van der Waals surface area contributed by atoms with Gasteiger partial charge in [-0.15, -0.1) is 0 Å². The van der Waals surface area contributed by atoms with Gasteiger partial charge in [0.15, 0.2) is 0 Å². The van der Waals surface area contributed by atoms with Crippen molar-refractivity contribution in [1.29, 1.82) is 0 Å². The summed E-state index contributed by atoms with van der Waals surface area (Å²) in [6.45, 7) is 2.98. The summed E-state index contributed by atoms with van der Waals surface area (Å²) in [5, 5.41) is 7.60. The van der Waals surface area contributed by atoms with E-state index in [1.54, 1.807) is 11.8 Å². The zero-order valence-corrected chi connectivity index (χ0v) is 22.2. The van der Waals surface area contributed by atoms with Crippen LogP contribution in [0.3, 0.4) is 0 Å². The number of ether oxygens (including phenoxy) is 1. The quantitative estimate of drug-likeness (QED) is 0.276. The Morgan fingerprint density at radius 2 is 1.42 bits per heavy atom. The van der Waals surface area contributed by atoms with Gasteiger partial charge in [-0.2, -0.15) is 5.10 Å². The van der Waals surface area contributed by atoms with E-state index in [1.807, 2.05) is 0 Å². The normalized spacial score (nSPS) is 19.9. The number of piperidine rings is 1. The first-order valence-electron chi connectivity index (χ1n) is 13.5. The van der Waals surface area contributed by atoms with Crippen molar-refractivity contribution in [3.8, 4) is 5.75 Å². The summed E-state index contributed by atoms with van der Waals surface area (Å²) < 4.78 is 6.83. The molecule has 0 aliphatic carbocycles. The molecule has 7 rings (SSSR count). The third-order valence-electron chi connectivity index (χ3n) is 7.96. The first kappa shape index (κ1) is 23.6. The monoisotopic (exact) mass is 517 g/mol. The SMILES string of the molecule is c1ccc(CN2CCC3(CC2)Oc2ccccc2[C@@H]2CC(c4ccc(Sc5ccccc5)cc4)=NN23)cc1. The van der Waals surface area contributed by atoms with Gasteiger partial charge in [-0.1, -0.05) is 90.6 Å². The first-order chi connectivity index (χ1) is 18.8. The van der Waals surface area contributed by atoms with E-state index >= 15 is 0 Å². The molecule has 1 fully saturated rings. The van der Waals surface area contributed by atoms with Gasteiger partial charge in [0, 0.05) is 54.3 Å². The Labute approximate surface area is 228 Å². The van der Waals surface area contributed by atoms with Crippen LogP contribution in [0.4, 0.5) is 0 Å². The fourth-order valence-corrected chi connectivity index (χ4v) is 6.81. The summed E-state index contributed by atoms with van der Waals surface area (Å²) in [6.07, 6.45) is 2.78. The Kier molecular flexibility index (Phi) is 6.18. The van der Waals surface area contributed by atoms with Crippen LogP contribution in [0.2, 0.25) is 0 Å². The predicted octanol–water partition coefficient (Wildman–Crippen LogP) is 7.37. The van der Waals surface area contributed by atoms with Crippen molar-refractivity contribution in [3.63, 3.8) is 0 Å². The first-order valence-corrected chi connectivity index (χ1v) is 14.3. The maximum Gasteiger partial charge on any atom is 0.200 e. The van der Waals surface area contributed by atoms with Crippen LogP contribution in [0, 0.1) is 0 Å². The second-order valence-corrected chi connectivity index (χ2v) is 11.5. The maximum atomic E-state index is 6.83. The molecule has 5 heteroatoms. The molecule has 4 nitrogen and oxygen atoms in total. The van der Waals surface area contributed by atoms with E-state index in [1.165, 1.54) is 26.5 Å². The van der Waals surface area contributed by atoms with Gasteiger partial charge in [0.2, 0.25) is 5.72 Å². The molecule has 0 saturated carbocycles. The summed E-state index contributed by atoms with van der Waals surface area (Å²) in [5.41, 5.74) is 4.58. The molecule has 38 heavy (non-hydrogen) atoms. The molecule has 3 aliphatic rings. The molecule has 0 radical (unpaired) electrons. The molecule has 0 N–H and O–H groups in total. The number of fused-ring (bicyclic) bond motifs is 4. The Hall–Kier alpha value is -3.54. The molecule has 4 aromatic carbocycles. The second kappa shape index (κ2) is 9.97. The van der Waals surface area contributed by atoms with Crippen molar-refractivity contribution >= 4 is 17.5 Å². The van der Waals surface area contributed by atoms with E-state index in [2.05, 4.69) is 119 Å². The Bertz CT molecular complexity index is 1430. The van der Waals surface area contributed by atoms with Crippen molar-refractivity contribution in [2.45, 2.75) is 47.4 Å². The van der Waals surface area contributed by atoms with Crippen LogP contribution >= 0.6 is 11.8 Å². The summed E-state index contributed by atoms with van der Waals surface area (Å²) in [7, 11) is 0. The topological polar surface area (TPSA) is 28.1 Å². The fourth-order valence-electron chi connectivity index (χ4n) is 5.98. The van der Waals surface area contributed by atoms with E-state index in [4.69, 9.17) is 9.84 Å². The van der Waals surface area contributed by atoms with Crippen LogP contribution in [0.5, 0.6) is 5.75 Å². The van der Waals surface area contributed by atoms with Gasteiger partial charge < -0.3 is 4.74 Å². The molecule has 1 saturated heterocycles. The van der Waals surface area contributed by atoms with Crippen molar-refractivity contribution in [1.82, 2.24) is 9.91 Å². The molecule has 0 bridgehead atoms. The highest BCUT2D eigenvalue weighted by molar-refractivity contribution is 7.99. The lowest BCUT2D eigenvalue weighted by Crippen LogP contribution is -2.59. The minimum atomic E-state index is -0.392. The Morgan fingerprint density at radius 1 is 0.763 bits per heavy atom. The average molecular weight is 518 g/mol. The van der Waals surface area contributed by atoms with E-state index in [-0.39, 0.29) is 6.04 Å². The number of benzene rings is 4. The van der Waals surface area contributed by atoms with E-state index in [9.17, 15) is 0 Å². The van der Waals surface area contributed by atoms with Crippen molar-refractivity contribution in [3.05, 3.63) is 126 Å². The highest BCUT2D eigenvalue weighted by Gasteiger charge is 2.51. The number of hydrogen-bond donors (Lipinski definition) is 0. The van der Waals surface area contributed by atoms with Gasteiger partial charge in [0.05, 0.1) is 11.8 Å². The Morgan fingerprint density at radius 3 is 2.18 bits per heavy atom. The smallest absolute Gasteiger partial charge is 0.200 e. The zero-order valence-electron chi connectivity index (χ0n) is 21.4. The van der Waals surface area contributed by atoms with E-state index < -0.39 is 5.72 Å². The number of rotatable bonds is 5. The van der Waals surface area contributed by atoms with Gasteiger partial charge in [0.25, 0.3) is 0 Å². The molecular formula is C33H31N3OS. The molecular weight excluding hydrogens is 486 g/mol. The summed E-state index contributed by atoms with van der Waals surface area (Å²) in [5.74, 6) is 1.02. The summed E-state index contributed by atoms with van der Waals surface area (Å²) in [6, 6.07) is 39.0. The standard InChI is InChI=1S/C33H31N3OS/c1-3-9-25(10-4-1)24-35-21-19-33(20-22-35)36-31(29-13-7-8-14-32(29)37-33)23-30(34-36)26-15-17-28(18-16-26)38-27-11-5-2-6-12-27/h1-18,31H,19-24H2/t31-/m0/s1. The molecule has 1 atom stereocenters. The molecule has 3 aliphatic heterocycles.